The molecule has 26 heavy (non-hydrogen) atoms. The first-order valence-corrected chi connectivity index (χ1v) is 10.1. The third-order valence-corrected chi connectivity index (χ3v) is 3.35. The highest BCUT2D eigenvalue weighted by Crippen LogP contribution is 2.12. The largest absolute Gasteiger partial charge is 0.463 e. The number of esters is 1. The van der Waals surface area contributed by atoms with Crippen LogP contribution in [0.15, 0.2) is 12.7 Å². The molecule has 0 radical (unpaired) electrons. The van der Waals surface area contributed by atoms with Crippen LogP contribution in [0.1, 0.15) is 105 Å². The monoisotopic (exact) mass is 372 g/mol. The van der Waals surface area contributed by atoms with Crippen molar-refractivity contribution in [2.75, 3.05) is 0 Å². The smallest absolute Gasteiger partial charge is 0.309 e. The SMILES string of the molecule is C=CC.CCCCCCCCCCCCCC(=O)OC(C)C.NC(N)=O. The van der Waals surface area contributed by atoms with Gasteiger partial charge in [0.05, 0.1) is 6.10 Å². The number of carbonyl (C=O) groups excluding carboxylic acids is 2. The molecule has 5 heteroatoms. The molecule has 0 aliphatic heterocycles. The fourth-order valence-corrected chi connectivity index (χ4v) is 2.26. The van der Waals surface area contributed by atoms with Gasteiger partial charge in [-0.25, -0.2) is 4.79 Å². The second-order valence-corrected chi connectivity index (χ2v) is 6.63. The standard InChI is InChI=1S/C17H34O2.C3H6.CH4N2O/c1-4-5-6-7-8-9-10-11-12-13-14-15-17(18)19-16(2)3;1-3-2;2-1(3)4/h16H,4-15H2,1-3H3;3H,1H2,2H3;(H4,2,3,4). The van der Waals surface area contributed by atoms with Crippen LogP contribution in [0.5, 0.6) is 0 Å². The number of carbonyl (C=O) groups is 2. The van der Waals surface area contributed by atoms with E-state index in [1.54, 1.807) is 6.08 Å². The number of allylic oxidation sites excluding steroid dienone is 1. The first-order valence-electron chi connectivity index (χ1n) is 10.1. The van der Waals surface area contributed by atoms with Crippen LogP contribution < -0.4 is 11.5 Å². The zero-order chi connectivity index (χ0) is 20.6. The van der Waals surface area contributed by atoms with Gasteiger partial charge in [0.15, 0.2) is 0 Å². The van der Waals surface area contributed by atoms with Gasteiger partial charge in [0.1, 0.15) is 0 Å². The lowest BCUT2D eigenvalue weighted by atomic mass is 10.1. The average Bonchev–Trinajstić information content (AvgIpc) is 2.52. The molecule has 0 saturated carbocycles. The molecule has 0 heterocycles. The van der Waals surface area contributed by atoms with E-state index in [0.717, 1.165) is 6.42 Å². The van der Waals surface area contributed by atoms with Gasteiger partial charge in [0, 0.05) is 6.42 Å². The molecule has 0 aromatic carbocycles. The van der Waals surface area contributed by atoms with Gasteiger partial charge in [-0.05, 0) is 27.2 Å². The van der Waals surface area contributed by atoms with Crippen LogP contribution in [-0.2, 0) is 9.53 Å². The Morgan fingerprint density at radius 3 is 1.50 bits per heavy atom. The highest BCUT2D eigenvalue weighted by Gasteiger charge is 2.04. The average molecular weight is 373 g/mol. The molecule has 5 nitrogen and oxygen atoms in total. The first kappa shape index (κ1) is 29.3. The van der Waals surface area contributed by atoms with Crippen LogP contribution in [0.4, 0.5) is 4.79 Å². The van der Waals surface area contributed by atoms with E-state index in [4.69, 9.17) is 9.53 Å². The van der Waals surface area contributed by atoms with Crippen LogP contribution in [0.2, 0.25) is 0 Å². The Hall–Kier alpha value is -1.52. The van der Waals surface area contributed by atoms with Crippen LogP contribution in [-0.4, -0.2) is 18.1 Å². The summed E-state index contributed by atoms with van der Waals surface area (Å²) in [4.78, 5) is 20.3. The van der Waals surface area contributed by atoms with Crippen molar-refractivity contribution in [2.24, 2.45) is 11.5 Å². The second-order valence-electron chi connectivity index (χ2n) is 6.63. The molecular formula is C21H44N2O3. The van der Waals surface area contributed by atoms with Crippen molar-refractivity contribution in [1.82, 2.24) is 0 Å². The second kappa shape index (κ2) is 25.7. The van der Waals surface area contributed by atoms with E-state index < -0.39 is 6.03 Å². The summed E-state index contributed by atoms with van der Waals surface area (Å²) in [6, 6.07) is -0.833. The Kier molecular flexibility index (Phi) is 28.9. The fourth-order valence-electron chi connectivity index (χ4n) is 2.26. The molecular weight excluding hydrogens is 328 g/mol. The van der Waals surface area contributed by atoms with Crippen LogP contribution in [0.25, 0.3) is 0 Å². The summed E-state index contributed by atoms with van der Waals surface area (Å²) in [6.45, 7) is 11.3. The topological polar surface area (TPSA) is 95.4 Å². The normalized spacial score (nSPS) is 9.42. The summed E-state index contributed by atoms with van der Waals surface area (Å²) < 4.78 is 5.10. The number of rotatable bonds is 13. The third kappa shape index (κ3) is 43.3. The van der Waals surface area contributed by atoms with Crippen molar-refractivity contribution in [3.05, 3.63) is 12.7 Å². The van der Waals surface area contributed by atoms with Gasteiger partial charge in [0.2, 0.25) is 0 Å². The number of urea groups is 1. The van der Waals surface area contributed by atoms with E-state index in [9.17, 15) is 4.79 Å². The maximum Gasteiger partial charge on any atom is 0.309 e. The lowest BCUT2D eigenvalue weighted by Crippen LogP contribution is -2.18. The maximum atomic E-state index is 11.3. The first-order chi connectivity index (χ1) is 12.3. The van der Waals surface area contributed by atoms with Crippen molar-refractivity contribution < 1.29 is 14.3 Å². The molecule has 0 bridgehead atoms. The van der Waals surface area contributed by atoms with Gasteiger partial charge in [0.25, 0.3) is 0 Å². The number of nitrogens with two attached hydrogens (primary N) is 2. The summed E-state index contributed by atoms with van der Waals surface area (Å²) in [7, 11) is 0. The number of unbranched alkanes of at least 4 members (excludes halogenated alkanes) is 10. The van der Waals surface area contributed by atoms with Gasteiger partial charge < -0.3 is 16.2 Å². The molecule has 0 atom stereocenters. The van der Waals surface area contributed by atoms with E-state index in [-0.39, 0.29) is 12.1 Å². The van der Waals surface area contributed by atoms with Crippen molar-refractivity contribution in [3.8, 4) is 0 Å². The zero-order valence-electron chi connectivity index (χ0n) is 17.7. The number of hydrogen-bond donors (Lipinski definition) is 2. The highest BCUT2D eigenvalue weighted by molar-refractivity contribution is 5.69. The number of hydrogen-bond acceptors (Lipinski definition) is 3. The Bertz CT molecular complexity index is 314. The van der Waals surface area contributed by atoms with E-state index >= 15 is 0 Å². The number of amides is 2. The molecule has 0 rings (SSSR count). The van der Waals surface area contributed by atoms with Gasteiger partial charge in [-0.2, -0.15) is 0 Å². The Labute approximate surface area is 161 Å². The molecule has 0 unspecified atom stereocenters. The molecule has 0 aromatic rings. The minimum atomic E-state index is -0.833. The highest BCUT2D eigenvalue weighted by atomic mass is 16.5. The summed E-state index contributed by atoms with van der Waals surface area (Å²) in [5, 5.41) is 0. The summed E-state index contributed by atoms with van der Waals surface area (Å²) >= 11 is 0. The molecule has 0 saturated heterocycles. The van der Waals surface area contributed by atoms with Crippen molar-refractivity contribution in [3.63, 3.8) is 0 Å². The van der Waals surface area contributed by atoms with E-state index in [0.29, 0.717) is 6.42 Å². The summed E-state index contributed by atoms with van der Waals surface area (Å²) in [6.07, 6.45) is 16.8. The summed E-state index contributed by atoms with van der Waals surface area (Å²) in [5.41, 5.74) is 8.50. The predicted octanol–water partition coefficient (Wildman–Crippen LogP) is 5.86. The van der Waals surface area contributed by atoms with Crippen molar-refractivity contribution in [1.29, 1.82) is 0 Å². The van der Waals surface area contributed by atoms with Gasteiger partial charge in [-0.15, -0.1) is 6.58 Å². The maximum absolute atomic E-state index is 11.3. The Balaban J connectivity index is -0.000000643. The quantitative estimate of drug-likeness (QED) is 0.241. The fraction of sp³-hybridized carbons (Fsp3) is 0.810. The van der Waals surface area contributed by atoms with Crippen LogP contribution >= 0.6 is 0 Å². The zero-order valence-corrected chi connectivity index (χ0v) is 17.7. The third-order valence-electron chi connectivity index (χ3n) is 3.35. The van der Waals surface area contributed by atoms with Crippen molar-refractivity contribution >= 4 is 12.0 Å². The van der Waals surface area contributed by atoms with Gasteiger partial charge >= 0.3 is 12.0 Å². The molecule has 0 aliphatic rings. The van der Waals surface area contributed by atoms with Gasteiger partial charge in [-0.1, -0.05) is 77.2 Å². The minimum Gasteiger partial charge on any atom is -0.463 e. The minimum absolute atomic E-state index is 0.0280. The van der Waals surface area contributed by atoms with E-state index in [2.05, 4.69) is 25.0 Å². The molecule has 0 aromatic heterocycles. The van der Waals surface area contributed by atoms with E-state index in [1.807, 2.05) is 20.8 Å². The molecule has 0 spiro atoms. The van der Waals surface area contributed by atoms with Crippen molar-refractivity contribution in [2.45, 2.75) is 111 Å². The van der Waals surface area contributed by atoms with Crippen LogP contribution in [0.3, 0.4) is 0 Å². The molecule has 156 valence electrons. The lowest BCUT2D eigenvalue weighted by molar-refractivity contribution is -0.147. The number of primary amides is 2. The molecule has 2 amide bonds. The molecule has 4 N–H and O–H groups in total. The Morgan fingerprint density at radius 2 is 1.19 bits per heavy atom. The predicted molar refractivity (Wildman–Crippen MR) is 112 cm³/mol. The van der Waals surface area contributed by atoms with Crippen LogP contribution in [0, 0.1) is 0 Å². The number of ether oxygens (including phenoxy) is 1. The molecule has 0 aliphatic carbocycles. The summed E-state index contributed by atoms with van der Waals surface area (Å²) in [5.74, 6) is -0.0362. The molecule has 0 fully saturated rings. The van der Waals surface area contributed by atoms with Gasteiger partial charge in [-0.3, -0.25) is 4.79 Å². The van der Waals surface area contributed by atoms with E-state index in [1.165, 1.54) is 64.2 Å². The Morgan fingerprint density at radius 1 is 0.885 bits per heavy atom. The lowest BCUT2D eigenvalue weighted by Gasteiger charge is -2.07.